The topological polar surface area (TPSA) is 69.6 Å². The Morgan fingerprint density at radius 2 is 2.18 bits per heavy atom. The maximum Gasteiger partial charge on any atom is 0.235 e. The summed E-state index contributed by atoms with van der Waals surface area (Å²) in [5.74, 6) is -1.14. The van der Waals surface area contributed by atoms with Crippen LogP contribution >= 0.6 is 0 Å². The number of isocyanates is 1. The summed E-state index contributed by atoms with van der Waals surface area (Å²) in [6.07, 6.45) is 1.53. The fourth-order valence-electron chi connectivity index (χ4n) is 0.712. The first kappa shape index (κ1) is 9.85. The smallest absolute Gasteiger partial charge is 0.235 e. The summed E-state index contributed by atoms with van der Waals surface area (Å²) in [6, 6.07) is -1.03. The van der Waals surface area contributed by atoms with Crippen LogP contribution in [0.25, 0.3) is 0 Å². The molecule has 0 rings (SSSR count). The Labute approximate surface area is 64.9 Å². The molecular weight excluding hydrogens is 146 g/mol. The third-order valence-corrected chi connectivity index (χ3v) is 1.18. The van der Waals surface area contributed by atoms with Crippen LogP contribution in [0.1, 0.15) is 20.3 Å². The van der Waals surface area contributed by atoms with Crippen LogP contribution in [-0.4, -0.2) is 18.1 Å². The van der Waals surface area contributed by atoms with Crippen LogP contribution < -0.4 is 5.11 Å². The van der Waals surface area contributed by atoms with Gasteiger partial charge in [-0.25, -0.2) is 4.79 Å². The molecular formula is C7H10NO3-. The van der Waals surface area contributed by atoms with Crippen molar-refractivity contribution in [2.45, 2.75) is 26.3 Å². The summed E-state index contributed by atoms with van der Waals surface area (Å²) in [4.78, 5) is 23.1. The fraction of sp³-hybridized carbons (Fsp3) is 0.714. The molecule has 0 aliphatic carbocycles. The number of carbonyl (C=O) groups excluding carboxylic acids is 2. The molecule has 0 aromatic rings. The van der Waals surface area contributed by atoms with Gasteiger partial charge in [-0.05, 0) is 12.3 Å². The van der Waals surface area contributed by atoms with Gasteiger partial charge in [-0.3, -0.25) is 0 Å². The SMILES string of the molecule is CC(C)CC(N=C=O)C(=O)[O-]. The van der Waals surface area contributed by atoms with Crippen molar-refractivity contribution in [3.63, 3.8) is 0 Å². The normalized spacial score (nSPS) is 12.3. The number of carboxylic acid groups (broad SMARTS) is 1. The average Bonchev–Trinajstić information content (AvgIpc) is 1.86. The van der Waals surface area contributed by atoms with Crippen molar-refractivity contribution in [1.29, 1.82) is 0 Å². The van der Waals surface area contributed by atoms with Crippen LogP contribution in [0, 0.1) is 5.92 Å². The van der Waals surface area contributed by atoms with E-state index in [1.807, 2.05) is 13.8 Å². The lowest BCUT2D eigenvalue weighted by atomic mass is 10.0. The van der Waals surface area contributed by atoms with E-state index in [9.17, 15) is 14.7 Å². The molecule has 1 atom stereocenters. The first-order chi connectivity index (χ1) is 5.07. The lowest BCUT2D eigenvalue weighted by molar-refractivity contribution is -0.307. The summed E-state index contributed by atoms with van der Waals surface area (Å²) in [6.45, 7) is 3.69. The van der Waals surface area contributed by atoms with Gasteiger partial charge in [-0.2, -0.15) is 4.99 Å². The predicted molar refractivity (Wildman–Crippen MR) is 36.4 cm³/mol. The highest BCUT2D eigenvalue weighted by Gasteiger charge is 2.09. The zero-order chi connectivity index (χ0) is 8.85. The van der Waals surface area contributed by atoms with Crippen LogP contribution in [-0.2, 0) is 9.59 Å². The van der Waals surface area contributed by atoms with Crippen molar-refractivity contribution < 1.29 is 14.7 Å². The number of carboxylic acids is 1. The van der Waals surface area contributed by atoms with Crippen molar-refractivity contribution in [3.8, 4) is 0 Å². The average molecular weight is 156 g/mol. The molecule has 0 fully saturated rings. The molecule has 0 bridgehead atoms. The van der Waals surface area contributed by atoms with Gasteiger partial charge in [0.05, 0.1) is 5.97 Å². The zero-order valence-electron chi connectivity index (χ0n) is 6.53. The molecule has 0 saturated heterocycles. The Balaban J connectivity index is 4.11. The summed E-state index contributed by atoms with van der Waals surface area (Å²) in [7, 11) is 0. The Morgan fingerprint density at radius 1 is 1.64 bits per heavy atom. The van der Waals surface area contributed by atoms with Gasteiger partial charge in [0.25, 0.3) is 0 Å². The number of aliphatic carboxylic acids is 1. The van der Waals surface area contributed by atoms with Crippen LogP contribution in [0.4, 0.5) is 0 Å². The highest BCUT2D eigenvalue weighted by Crippen LogP contribution is 2.06. The van der Waals surface area contributed by atoms with E-state index in [4.69, 9.17) is 0 Å². The third-order valence-electron chi connectivity index (χ3n) is 1.18. The molecule has 0 N–H and O–H groups in total. The molecule has 0 saturated carbocycles. The van der Waals surface area contributed by atoms with Gasteiger partial charge in [0.2, 0.25) is 6.08 Å². The molecule has 4 heteroatoms. The molecule has 4 nitrogen and oxygen atoms in total. The quantitative estimate of drug-likeness (QED) is 0.406. The van der Waals surface area contributed by atoms with Gasteiger partial charge in [-0.1, -0.05) is 13.8 Å². The number of carbonyl (C=O) groups is 1. The summed E-state index contributed by atoms with van der Waals surface area (Å²) >= 11 is 0. The Hall–Kier alpha value is -1.15. The lowest BCUT2D eigenvalue weighted by Gasteiger charge is -2.12. The Morgan fingerprint density at radius 3 is 2.45 bits per heavy atom. The van der Waals surface area contributed by atoms with Gasteiger partial charge in [-0.15, -0.1) is 0 Å². The highest BCUT2D eigenvalue weighted by atomic mass is 16.4. The van der Waals surface area contributed by atoms with Gasteiger partial charge < -0.3 is 9.90 Å². The van der Waals surface area contributed by atoms with Crippen molar-refractivity contribution in [2.75, 3.05) is 0 Å². The molecule has 0 amide bonds. The molecule has 0 aromatic heterocycles. The van der Waals surface area contributed by atoms with Crippen LogP contribution in [0.3, 0.4) is 0 Å². The van der Waals surface area contributed by atoms with E-state index in [1.54, 1.807) is 0 Å². The molecule has 0 heterocycles. The summed E-state index contributed by atoms with van der Waals surface area (Å²) < 4.78 is 0. The van der Waals surface area contributed by atoms with E-state index < -0.39 is 12.0 Å². The number of nitrogens with zero attached hydrogens (tertiary/aromatic N) is 1. The molecule has 0 aliphatic heterocycles. The Kier molecular flexibility index (Phi) is 4.15. The van der Waals surface area contributed by atoms with Gasteiger partial charge >= 0.3 is 0 Å². The summed E-state index contributed by atoms with van der Waals surface area (Å²) in [5, 5.41) is 10.2. The van der Waals surface area contributed by atoms with Crippen LogP contribution in [0.5, 0.6) is 0 Å². The van der Waals surface area contributed by atoms with Gasteiger partial charge in [0.15, 0.2) is 0 Å². The van der Waals surface area contributed by atoms with Crippen molar-refractivity contribution in [2.24, 2.45) is 10.9 Å². The van der Waals surface area contributed by atoms with Crippen molar-refractivity contribution in [3.05, 3.63) is 0 Å². The second-order valence-electron chi connectivity index (χ2n) is 2.68. The first-order valence-electron chi connectivity index (χ1n) is 3.35. The Bertz CT molecular complexity index is 180. The number of rotatable bonds is 4. The highest BCUT2D eigenvalue weighted by molar-refractivity contribution is 5.72. The summed E-state index contributed by atoms with van der Waals surface area (Å²) in [5.41, 5.74) is 0. The maximum atomic E-state index is 10.2. The molecule has 0 radical (unpaired) electrons. The van der Waals surface area contributed by atoms with Crippen LogP contribution in [0.15, 0.2) is 4.99 Å². The minimum atomic E-state index is -1.32. The molecule has 0 aliphatic rings. The van der Waals surface area contributed by atoms with E-state index >= 15 is 0 Å². The predicted octanol–water partition coefficient (Wildman–Crippen LogP) is -0.513. The minimum absolute atomic E-state index is 0.176. The largest absolute Gasteiger partial charge is 0.548 e. The van der Waals surface area contributed by atoms with E-state index in [1.165, 1.54) is 6.08 Å². The van der Waals surface area contributed by atoms with E-state index in [2.05, 4.69) is 4.99 Å². The molecule has 62 valence electrons. The number of hydrogen-bond acceptors (Lipinski definition) is 4. The molecule has 1 unspecified atom stereocenters. The number of hydrogen-bond donors (Lipinski definition) is 0. The van der Waals surface area contributed by atoms with Crippen molar-refractivity contribution >= 4 is 12.0 Å². The first-order valence-corrected chi connectivity index (χ1v) is 3.35. The van der Waals surface area contributed by atoms with Crippen molar-refractivity contribution in [1.82, 2.24) is 0 Å². The van der Waals surface area contributed by atoms with E-state index in [-0.39, 0.29) is 5.92 Å². The monoisotopic (exact) mass is 156 g/mol. The van der Waals surface area contributed by atoms with Crippen LogP contribution in [0.2, 0.25) is 0 Å². The van der Waals surface area contributed by atoms with E-state index in [0.717, 1.165) is 0 Å². The minimum Gasteiger partial charge on any atom is -0.548 e. The van der Waals surface area contributed by atoms with Gasteiger partial charge in [0.1, 0.15) is 6.04 Å². The molecule has 0 aromatic carbocycles. The molecule has 0 spiro atoms. The molecule has 11 heavy (non-hydrogen) atoms. The maximum absolute atomic E-state index is 10.2. The fourth-order valence-corrected chi connectivity index (χ4v) is 0.712. The standard InChI is InChI=1S/C7H11NO3/c1-5(2)3-6(7(10)11)8-4-9/h5-6H,3H2,1-2H3,(H,10,11)/p-1. The third kappa shape index (κ3) is 4.28. The zero-order valence-corrected chi connectivity index (χ0v) is 6.53. The number of aliphatic imine (C=N–C) groups is 1. The second-order valence-corrected chi connectivity index (χ2v) is 2.68. The second kappa shape index (κ2) is 4.63. The van der Waals surface area contributed by atoms with E-state index in [0.29, 0.717) is 6.42 Å². The van der Waals surface area contributed by atoms with Gasteiger partial charge in [0, 0.05) is 0 Å². The lowest BCUT2D eigenvalue weighted by Crippen LogP contribution is -2.35.